The monoisotopic (exact) mass is 519 g/mol. The van der Waals surface area contributed by atoms with E-state index in [4.69, 9.17) is 16.3 Å². The van der Waals surface area contributed by atoms with Gasteiger partial charge in [-0.05, 0) is 54.2 Å². The maximum Gasteiger partial charge on any atom is 0.319 e. The van der Waals surface area contributed by atoms with Crippen LogP contribution in [-0.2, 0) is 33.7 Å². The quantitative estimate of drug-likeness (QED) is 0.411. The Hall–Kier alpha value is -3.84. The molecule has 3 aromatic rings. The first kappa shape index (κ1) is 26.2. The average molecular weight is 520 g/mol. The van der Waals surface area contributed by atoms with Crippen molar-refractivity contribution in [3.63, 3.8) is 0 Å². The first-order valence-corrected chi connectivity index (χ1v) is 12.6. The molecule has 3 aromatic carbocycles. The summed E-state index contributed by atoms with van der Waals surface area (Å²) in [6, 6.07) is 22.8. The van der Waals surface area contributed by atoms with Gasteiger partial charge in [-0.1, -0.05) is 72.3 Å². The Labute approximate surface area is 221 Å². The van der Waals surface area contributed by atoms with Gasteiger partial charge in [-0.25, -0.2) is 4.79 Å². The minimum atomic E-state index is -0.801. The summed E-state index contributed by atoms with van der Waals surface area (Å²) in [4.78, 5) is 40.8. The maximum atomic E-state index is 14.0. The number of hydrogen-bond donors (Lipinski definition) is 2. The van der Waals surface area contributed by atoms with Crippen LogP contribution >= 0.6 is 11.6 Å². The molecule has 2 atom stereocenters. The molecule has 0 aromatic heterocycles. The number of hydrogen-bond acceptors (Lipinski definition) is 4. The molecule has 2 N–H and O–H groups in total. The van der Waals surface area contributed by atoms with Crippen molar-refractivity contribution >= 4 is 35.2 Å². The van der Waals surface area contributed by atoms with Crippen molar-refractivity contribution in [3.05, 3.63) is 101 Å². The second-order valence-corrected chi connectivity index (χ2v) is 9.50. The maximum absolute atomic E-state index is 14.0. The fourth-order valence-corrected chi connectivity index (χ4v) is 4.80. The fourth-order valence-electron chi connectivity index (χ4n) is 4.61. The van der Waals surface area contributed by atoms with Gasteiger partial charge in [-0.15, -0.1) is 0 Å². The fraction of sp³-hybridized carbons (Fsp3) is 0.276. The van der Waals surface area contributed by atoms with Crippen LogP contribution in [0.3, 0.4) is 0 Å². The van der Waals surface area contributed by atoms with Crippen LogP contribution in [0.4, 0.5) is 10.5 Å². The predicted octanol–water partition coefficient (Wildman–Crippen LogP) is 4.98. The van der Waals surface area contributed by atoms with E-state index in [0.29, 0.717) is 36.5 Å². The van der Waals surface area contributed by atoms with Crippen molar-refractivity contribution in [1.29, 1.82) is 0 Å². The largest absolute Gasteiger partial charge is 0.469 e. The topological polar surface area (TPSA) is 87.7 Å². The summed E-state index contributed by atoms with van der Waals surface area (Å²) in [5.41, 5.74) is 3.72. The Morgan fingerprint density at radius 1 is 1.00 bits per heavy atom. The number of aryl methyl sites for hydroxylation is 1. The molecular weight excluding hydrogens is 490 g/mol. The zero-order chi connectivity index (χ0) is 26.2. The highest BCUT2D eigenvalue weighted by Crippen LogP contribution is 2.27. The predicted molar refractivity (Wildman–Crippen MR) is 143 cm³/mol. The molecular formula is C29H30ClN3O4. The second kappa shape index (κ2) is 12.4. The lowest BCUT2D eigenvalue weighted by Gasteiger charge is -2.38. The number of esters is 1. The SMILES string of the molecule is COC(=O)C[C@H]1Cc2ccccc2CN1C(=O)[C@H](CCc1ccccc1)NC(=O)Nc1cccc(Cl)c1. The molecule has 0 bridgehead atoms. The van der Waals surface area contributed by atoms with E-state index in [-0.39, 0.29) is 24.3 Å². The van der Waals surface area contributed by atoms with Crippen LogP contribution < -0.4 is 10.6 Å². The van der Waals surface area contributed by atoms with Gasteiger partial charge in [0.15, 0.2) is 0 Å². The summed E-state index contributed by atoms with van der Waals surface area (Å²) in [6.45, 7) is 0.357. The number of halogens is 1. The molecule has 1 aliphatic heterocycles. The number of amides is 3. The lowest BCUT2D eigenvalue weighted by molar-refractivity contribution is -0.145. The Bertz CT molecular complexity index is 1250. The Balaban J connectivity index is 1.56. The number of anilines is 1. The highest BCUT2D eigenvalue weighted by atomic mass is 35.5. The molecule has 0 saturated carbocycles. The zero-order valence-corrected chi connectivity index (χ0v) is 21.4. The number of nitrogens with zero attached hydrogens (tertiary/aromatic N) is 1. The Morgan fingerprint density at radius 2 is 1.73 bits per heavy atom. The number of carbonyl (C=O) groups is 3. The summed E-state index contributed by atoms with van der Waals surface area (Å²) in [7, 11) is 1.34. The average Bonchev–Trinajstić information content (AvgIpc) is 2.90. The molecule has 0 saturated heterocycles. The number of urea groups is 1. The third kappa shape index (κ3) is 7.11. The minimum Gasteiger partial charge on any atom is -0.469 e. The lowest BCUT2D eigenvalue weighted by atomic mass is 9.91. The van der Waals surface area contributed by atoms with Gasteiger partial charge in [0.25, 0.3) is 0 Å². The number of benzene rings is 3. The van der Waals surface area contributed by atoms with Crippen molar-refractivity contribution in [2.75, 3.05) is 12.4 Å². The van der Waals surface area contributed by atoms with Gasteiger partial charge in [0, 0.05) is 23.3 Å². The van der Waals surface area contributed by atoms with E-state index in [1.54, 1.807) is 29.2 Å². The minimum absolute atomic E-state index is 0.0801. The van der Waals surface area contributed by atoms with Crippen molar-refractivity contribution in [2.45, 2.75) is 44.3 Å². The first-order valence-electron chi connectivity index (χ1n) is 12.2. The number of fused-ring (bicyclic) bond motifs is 1. The standard InChI is InChI=1S/C29H30ClN3O4/c1-37-27(34)18-25-16-21-10-5-6-11-22(21)19-33(25)28(35)26(15-14-20-8-3-2-4-9-20)32-29(36)31-24-13-7-12-23(30)17-24/h2-13,17,25-26H,14-16,18-19H2,1H3,(H2,31,32,36)/t25-,26+/m1/s1. The first-order chi connectivity index (χ1) is 17.9. The zero-order valence-electron chi connectivity index (χ0n) is 20.7. The molecule has 3 amide bonds. The van der Waals surface area contributed by atoms with Gasteiger partial charge < -0.3 is 20.3 Å². The van der Waals surface area contributed by atoms with Gasteiger partial charge in [0.1, 0.15) is 6.04 Å². The van der Waals surface area contributed by atoms with Gasteiger partial charge >= 0.3 is 12.0 Å². The van der Waals surface area contributed by atoms with Crippen molar-refractivity contribution in [3.8, 4) is 0 Å². The summed E-state index contributed by atoms with van der Waals surface area (Å²) >= 11 is 6.04. The van der Waals surface area contributed by atoms with E-state index in [2.05, 4.69) is 10.6 Å². The van der Waals surface area contributed by atoms with Crippen LogP contribution in [0.5, 0.6) is 0 Å². The molecule has 0 aliphatic carbocycles. The van der Waals surface area contributed by atoms with Crippen LogP contribution in [0.1, 0.15) is 29.5 Å². The third-order valence-electron chi connectivity index (χ3n) is 6.52. The van der Waals surface area contributed by atoms with E-state index >= 15 is 0 Å². The van der Waals surface area contributed by atoms with Gasteiger partial charge in [-0.2, -0.15) is 0 Å². The Morgan fingerprint density at radius 3 is 2.46 bits per heavy atom. The highest BCUT2D eigenvalue weighted by molar-refractivity contribution is 6.30. The highest BCUT2D eigenvalue weighted by Gasteiger charge is 2.35. The number of rotatable bonds is 8. The van der Waals surface area contributed by atoms with Crippen LogP contribution in [0.15, 0.2) is 78.9 Å². The summed E-state index contributed by atoms with van der Waals surface area (Å²) in [5.74, 6) is -0.616. The molecule has 4 rings (SSSR count). The van der Waals surface area contributed by atoms with E-state index in [1.807, 2.05) is 54.6 Å². The smallest absolute Gasteiger partial charge is 0.319 e. The Kier molecular flexibility index (Phi) is 8.80. The van der Waals surface area contributed by atoms with Crippen molar-refractivity contribution in [1.82, 2.24) is 10.2 Å². The molecule has 0 radical (unpaired) electrons. The van der Waals surface area contributed by atoms with Crippen LogP contribution in [-0.4, -0.2) is 42.0 Å². The van der Waals surface area contributed by atoms with E-state index < -0.39 is 12.1 Å². The summed E-state index contributed by atoms with van der Waals surface area (Å²) < 4.78 is 4.91. The van der Waals surface area contributed by atoms with E-state index in [1.165, 1.54) is 7.11 Å². The normalized spacial score (nSPS) is 15.3. The second-order valence-electron chi connectivity index (χ2n) is 9.06. The number of methoxy groups -OCH3 is 1. The molecule has 1 heterocycles. The summed E-state index contributed by atoms with van der Waals surface area (Å²) in [6.07, 6.45) is 1.61. The molecule has 192 valence electrons. The van der Waals surface area contributed by atoms with Crippen LogP contribution in [0.2, 0.25) is 5.02 Å². The molecule has 7 nitrogen and oxygen atoms in total. The molecule has 0 spiro atoms. The van der Waals surface area contributed by atoms with Gasteiger partial charge in [-0.3, -0.25) is 9.59 Å². The van der Waals surface area contributed by atoms with Crippen LogP contribution in [0.25, 0.3) is 0 Å². The summed E-state index contributed by atoms with van der Waals surface area (Å²) in [5, 5.41) is 6.11. The van der Waals surface area contributed by atoms with Gasteiger partial charge in [0.2, 0.25) is 5.91 Å². The molecule has 37 heavy (non-hydrogen) atoms. The molecule has 0 unspecified atom stereocenters. The van der Waals surface area contributed by atoms with Gasteiger partial charge in [0.05, 0.1) is 13.5 Å². The van der Waals surface area contributed by atoms with Crippen molar-refractivity contribution in [2.24, 2.45) is 0 Å². The van der Waals surface area contributed by atoms with E-state index in [0.717, 1.165) is 16.7 Å². The van der Waals surface area contributed by atoms with Crippen molar-refractivity contribution < 1.29 is 19.1 Å². The number of nitrogens with one attached hydrogen (secondary N) is 2. The number of carbonyl (C=O) groups excluding carboxylic acids is 3. The third-order valence-corrected chi connectivity index (χ3v) is 6.75. The molecule has 8 heteroatoms. The lowest BCUT2D eigenvalue weighted by Crippen LogP contribution is -2.54. The number of ether oxygens (including phenoxy) is 1. The molecule has 1 aliphatic rings. The van der Waals surface area contributed by atoms with E-state index in [9.17, 15) is 14.4 Å². The molecule has 0 fully saturated rings. The van der Waals surface area contributed by atoms with Crippen LogP contribution in [0, 0.1) is 0 Å².